The van der Waals surface area contributed by atoms with Crippen molar-refractivity contribution in [3.63, 3.8) is 0 Å². The summed E-state index contributed by atoms with van der Waals surface area (Å²) in [7, 11) is 1.87. The molecule has 1 amide bonds. The number of hydrogen-bond donors (Lipinski definition) is 1. The first-order chi connectivity index (χ1) is 12.6. The van der Waals surface area contributed by atoms with E-state index in [1.165, 1.54) is 11.3 Å². The van der Waals surface area contributed by atoms with Crippen LogP contribution in [0.2, 0.25) is 0 Å². The Labute approximate surface area is 181 Å². The van der Waals surface area contributed by atoms with E-state index >= 15 is 0 Å². The lowest BCUT2D eigenvalue weighted by Gasteiger charge is -2.22. The predicted octanol–water partition coefficient (Wildman–Crippen LogP) is 3.69. The zero-order chi connectivity index (χ0) is 18.5. The number of carbonyl (C=O) groups is 1. The Kier molecular flexibility index (Phi) is 9.61. The largest absolute Gasteiger partial charge is 0.334 e. The fraction of sp³-hybridized carbons (Fsp3) is 0.316. The predicted molar refractivity (Wildman–Crippen MR) is 118 cm³/mol. The van der Waals surface area contributed by atoms with Gasteiger partial charge >= 0.3 is 0 Å². The number of aryl methyl sites for hydroxylation is 2. The molecule has 6 nitrogen and oxygen atoms in total. The Balaban J connectivity index is 0.00000196. The number of carbonyl (C=O) groups excluding carboxylic acids is 1. The highest BCUT2D eigenvalue weighted by molar-refractivity contribution is 7.17. The molecule has 0 aliphatic heterocycles. The molecule has 0 bridgehead atoms. The Bertz CT molecular complexity index is 882. The molecule has 0 unspecified atom stereocenters. The van der Waals surface area contributed by atoms with Gasteiger partial charge in [-0.15, -0.1) is 36.2 Å². The summed E-state index contributed by atoms with van der Waals surface area (Å²) in [6, 6.07) is 10.0. The minimum absolute atomic E-state index is 0. The van der Waals surface area contributed by atoms with Gasteiger partial charge in [0.1, 0.15) is 9.88 Å². The summed E-state index contributed by atoms with van der Waals surface area (Å²) in [5, 5.41) is 5.00. The van der Waals surface area contributed by atoms with Crippen LogP contribution in [0.25, 0.3) is 10.6 Å². The zero-order valence-electron chi connectivity index (χ0n) is 15.9. The number of nitrogens with zero attached hydrogens (tertiary/aromatic N) is 4. The van der Waals surface area contributed by atoms with Crippen LogP contribution in [0.3, 0.4) is 0 Å². The molecule has 3 aromatic rings. The molecule has 28 heavy (non-hydrogen) atoms. The Morgan fingerprint density at radius 3 is 2.57 bits per heavy atom. The van der Waals surface area contributed by atoms with Gasteiger partial charge in [0.2, 0.25) is 0 Å². The number of aromatic nitrogens is 3. The highest BCUT2D eigenvalue weighted by atomic mass is 35.5. The van der Waals surface area contributed by atoms with Gasteiger partial charge in [0.15, 0.2) is 0 Å². The lowest BCUT2D eigenvalue weighted by molar-refractivity contribution is 0.0746. The monoisotopic (exact) mass is 441 g/mol. The highest BCUT2D eigenvalue weighted by Gasteiger charge is 2.22. The maximum atomic E-state index is 13.2. The first-order valence-electron chi connectivity index (χ1n) is 8.58. The van der Waals surface area contributed by atoms with Crippen LogP contribution in [-0.2, 0) is 13.6 Å². The van der Waals surface area contributed by atoms with Gasteiger partial charge in [-0.1, -0.05) is 30.3 Å². The van der Waals surface area contributed by atoms with E-state index < -0.39 is 0 Å². The van der Waals surface area contributed by atoms with E-state index in [9.17, 15) is 4.79 Å². The van der Waals surface area contributed by atoms with Crippen LogP contribution in [0.1, 0.15) is 27.3 Å². The molecular weight excluding hydrogens is 417 g/mol. The molecular formula is C19H25Cl2N5OS. The van der Waals surface area contributed by atoms with Gasteiger partial charge in [0.05, 0.1) is 11.9 Å². The molecule has 1 aromatic carbocycles. The van der Waals surface area contributed by atoms with Crippen molar-refractivity contribution < 1.29 is 4.79 Å². The van der Waals surface area contributed by atoms with Gasteiger partial charge in [-0.3, -0.25) is 9.48 Å². The smallest absolute Gasteiger partial charge is 0.266 e. The van der Waals surface area contributed by atoms with E-state index in [2.05, 4.69) is 10.1 Å². The van der Waals surface area contributed by atoms with Crippen LogP contribution in [-0.4, -0.2) is 38.7 Å². The van der Waals surface area contributed by atoms with Gasteiger partial charge in [0, 0.05) is 31.9 Å². The molecule has 0 fully saturated rings. The molecule has 0 atom stereocenters. The van der Waals surface area contributed by atoms with Crippen molar-refractivity contribution in [3.05, 3.63) is 58.9 Å². The standard InChI is InChI=1S/C19H23N5OS.2ClH/c1-14-17(26-18(22-14)16-11-21-23(2)13-16)19(25)24(10-6-9-20)12-15-7-4-3-5-8-15;;/h3-5,7-8,11,13H,6,9-10,12,20H2,1-2H3;2*1H. The summed E-state index contributed by atoms with van der Waals surface area (Å²) in [5.41, 5.74) is 8.45. The van der Waals surface area contributed by atoms with E-state index in [-0.39, 0.29) is 30.7 Å². The molecule has 9 heteroatoms. The van der Waals surface area contributed by atoms with E-state index in [0.717, 1.165) is 28.2 Å². The van der Waals surface area contributed by atoms with Crippen LogP contribution in [0, 0.1) is 6.92 Å². The van der Waals surface area contributed by atoms with Crippen LogP contribution < -0.4 is 5.73 Å². The number of thiazole rings is 1. The molecule has 0 radical (unpaired) electrons. The maximum Gasteiger partial charge on any atom is 0.266 e. The second-order valence-electron chi connectivity index (χ2n) is 6.19. The number of benzene rings is 1. The number of hydrogen-bond acceptors (Lipinski definition) is 5. The molecule has 2 heterocycles. The third-order valence-corrected chi connectivity index (χ3v) is 5.27. The summed E-state index contributed by atoms with van der Waals surface area (Å²) in [6.07, 6.45) is 4.44. The first kappa shape index (κ1) is 24.1. The summed E-state index contributed by atoms with van der Waals surface area (Å²) >= 11 is 1.42. The molecule has 0 spiro atoms. The van der Waals surface area contributed by atoms with Crippen LogP contribution in [0.4, 0.5) is 0 Å². The zero-order valence-corrected chi connectivity index (χ0v) is 18.3. The number of nitrogens with two attached hydrogens (primary N) is 1. The van der Waals surface area contributed by atoms with E-state index in [4.69, 9.17) is 5.73 Å². The SMILES string of the molecule is Cc1nc(-c2cnn(C)c2)sc1C(=O)N(CCCN)Cc1ccccc1.Cl.Cl. The van der Waals surface area contributed by atoms with E-state index in [1.54, 1.807) is 10.9 Å². The summed E-state index contributed by atoms with van der Waals surface area (Å²) < 4.78 is 1.73. The van der Waals surface area contributed by atoms with Crippen molar-refractivity contribution in [3.8, 4) is 10.6 Å². The Hall–Kier alpha value is -1.93. The summed E-state index contributed by atoms with van der Waals surface area (Å²) in [4.78, 5) is 20.3. The lowest BCUT2D eigenvalue weighted by Crippen LogP contribution is -2.32. The van der Waals surface area contributed by atoms with Crippen molar-refractivity contribution in [1.29, 1.82) is 0 Å². The van der Waals surface area contributed by atoms with E-state index in [0.29, 0.717) is 24.5 Å². The number of halogens is 2. The van der Waals surface area contributed by atoms with Crippen molar-refractivity contribution in [2.45, 2.75) is 19.9 Å². The normalized spacial score (nSPS) is 10.1. The average Bonchev–Trinajstić information content (AvgIpc) is 3.24. The molecule has 2 N–H and O–H groups in total. The van der Waals surface area contributed by atoms with Gasteiger partial charge < -0.3 is 10.6 Å². The van der Waals surface area contributed by atoms with Gasteiger partial charge in [0.25, 0.3) is 5.91 Å². The maximum absolute atomic E-state index is 13.2. The van der Waals surface area contributed by atoms with Crippen molar-refractivity contribution >= 4 is 42.1 Å². The molecule has 0 aliphatic carbocycles. The third kappa shape index (κ3) is 5.78. The fourth-order valence-electron chi connectivity index (χ4n) is 2.73. The average molecular weight is 442 g/mol. The number of rotatable bonds is 7. The third-order valence-electron chi connectivity index (χ3n) is 4.08. The first-order valence-corrected chi connectivity index (χ1v) is 9.40. The highest BCUT2D eigenvalue weighted by Crippen LogP contribution is 2.28. The molecule has 0 saturated heterocycles. The van der Waals surface area contributed by atoms with Gasteiger partial charge in [-0.05, 0) is 25.5 Å². The van der Waals surface area contributed by atoms with Gasteiger partial charge in [-0.25, -0.2) is 4.98 Å². The Morgan fingerprint density at radius 1 is 1.25 bits per heavy atom. The second kappa shape index (κ2) is 11.2. The van der Waals surface area contributed by atoms with Crippen LogP contribution in [0.15, 0.2) is 42.7 Å². The topological polar surface area (TPSA) is 77.0 Å². The van der Waals surface area contributed by atoms with Crippen LogP contribution >= 0.6 is 36.2 Å². The molecule has 2 aromatic heterocycles. The van der Waals surface area contributed by atoms with Crippen molar-refractivity contribution in [1.82, 2.24) is 19.7 Å². The van der Waals surface area contributed by atoms with Crippen molar-refractivity contribution in [2.24, 2.45) is 12.8 Å². The molecule has 152 valence electrons. The molecule has 0 saturated carbocycles. The van der Waals surface area contributed by atoms with E-state index in [1.807, 2.05) is 55.4 Å². The molecule has 3 rings (SSSR count). The van der Waals surface area contributed by atoms with Gasteiger partial charge in [-0.2, -0.15) is 5.10 Å². The van der Waals surface area contributed by atoms with Crippen LogP contribution in [0.5, 0.6) is 0 Å². The molecule has 0 aliphatic rings. The lowest BCUT2D eigenvalue weighted by atomic mass is 10.2. The quantitative estimate of drug-likeness (QED) is 0.606. The summed E-state index contributed by atoms with van der Waals surface area (Å²) in [6.45, 7) is 3.64. The Morgan fingerprint density at radius 2 is 1.96 bits per heavy atom. The minimum Gasteiger partial charge on any atom is -0.334 e. The second-order valence-corrected chi connectivity index (χ2v) is 7.19. The van der Waals surface area contributed by atoms with Crippen molar-refractivity contribution in [2.75, 3.05) is 13.1 Å². The summed E-state index contributed by atoms with van der Waals surface area (Å²) in [5.74, 6) is 0.00689. The fourth-order valence-corrected chi connectivity index (χ4v) is 3.74. The number of amides is 1. The minimum atomic E-state index is 0.